The van der Waals surface area contributed by atoms with Crippen molar-refractivity contribution in [3.63, 3.8) is 0 Å². The first-order chi connectivity index (χ1) is 11.1. The van der Waals surface area contributed by atoms with Crippen LogP contribution in [0.1, 0.15) is 18.9 Å². The summed E-state index contributed by atoms with van der Waals surface area (Å²) < 4.78 is 27.3. The zero-order valence-corrected chi connectivity index (χ0v) is 12.9. The summed E-state index contributed by atoms with van der Waals surface area (Å²) >= 11 is 0. The normalized spacial score (nSPS) is 16.8. The van der Waals surface area contributed by atoms with Crippen molar-refractivity contribution in [1.29, 1.82) is 0 Å². The summed E-state index contributed by atoms with van der Waals surface area (Å²) in [6.45, 7) is 2.11. The highest BCUT2D eigenvalue weighted by Crippen LogP contribution is 2.30. The molecule has 2 aromatic rings. The number of hydrogen-bond acceptors (Lipinski definition) is 2. The largest absolute Gasteiger partial charge is 0.359 e. The maximum Gasteiger partial charge on any atom is 0.244 e. The number of hydrogen-bond donors (Lipinski definition) is 1. The lowest BCUT2D eigenvalue weighted by atomic mass is 9.96. The van der Waals surface area contributed by atoms with E-state index in [9.17, 15) is 13.6 Å². The Bertz CT molecular complexity index is 712. The molecular formula is C18H18F2N2O. The summed E-state index contributed by atoms with van der Waals surface area (Å²) in [5.74, 6) is -1.98. The zero-order chi connectivity index (χ0) is 16.4. The molecule has 0 saturated heterocycles. The fourth-order valence-corrected chi connectivity index (χ4v) is 2.95. The van der Waals surface area contributed by atoms with E-state index in [1.165, 1.54) is 11.6 Å². The first-order valence-electron chi connectivity index (χ1n) is 7.64. The fourth-order valence-electron chi connectivity index (χ4n) is 2.95. The Kier molecular flexibility index (Phi) is 4.28. The van der Waals surface area contributed by atoms with E-state index in [1.807, 2.05) is 36.1 Å². The van der Waals surface area contributed by atoms with Crippen molar-refractivity contribution in [2.45, 2.75) is 25.8 Å². The second kappa shape index (κ2) is 6.36. The minimum atomic E-state index is -0.773. The third-order valence-electron chi connectivity index (χ3n) is 4.21. The number of halogens is 2. The van der Waals surface area contributed by atoms with E-state index in [4.69, 9.17) is 0 Å². The van der Waals surface area contributed by atoms with Gasteiger partial charge in [0, 0.05) is 11.7 Å². The van der Waals surface area contributed by atoms with Gasteiger partial charge >= 0.3 is 0 Å². The highest BCUT2D eigenvalue weighted by molar-refractivity contribution is 5.94. The zero-order valence-electron chi connectivity index (χ0n) is 12.9. The van der Waals surface area contributed by atoms with Crippen LogP contribution in [0.2, 0.25) is 0 Å². The van der Waals surface area contributed by atoms with Crippen molar-refractivity contribution in [2.75, 3.05) is 16.8 Å². The van der Waals surface area contributed by atoms with Gasteiger partial charge in [-0.3, -0.25) is 4.79 Å². The van der Waals surface area contributed by atoms with Crippen LogP contribution < -0.4 is 10.2 Å². The second-order valence-electron chi connectivity index (χ2n) is 5.79. The van der Waals surface area contributed by atoms with E-state index in [1.54, 1.807) is 0 Å². The van der Waals surface area contributed by atoms with Crippen molar-refractivity contribution in [3.8, 4) is 0 Å². The number of anilines is 2. The predicted octanol–water partition coefficient (Wildman–Crippen LogP) is 3.74. The van der Waals surface area contributed by atoms with E-state index in [0.29, 0.717) is 0 Å². The van der Waals surface area contributed by atoms with Crippen LogP contribution in [0.25, 0.3) is 0 Å². The first kappa shape index (κ1) is 15.5. The highest BCUT2D eigenvalue weighted by atomic mass is 19.1. The number of fused-ring (bicyclic) bond motifs is 1. The van der Waals surface area contributed by atoms with Gasteiger partial charge in [-0.2, -0.15) is 0 Å². The lowest BCUT2D eigenvalue weighted by molar-refractivity contribution is -0.115. The van der Waals surface area contributed by atoms with E-state index in [0.717, 1.165) is 30.7 Å². The third kappa shape index (κ3) is 3.18. The molecule has 5 heteroatoms. The van der Waals surface area contributed by atoms with Gasteiger partial charge < -0.3 is 10.2 Å². The van der Waals surface area contributed by atoms with Crippen molar-refractivity contribution < 1.29 is 13.6 Å². The van der Waals surface area contributed by atoms with Crippen molar-refractivity contribution in [3.05, 3.63) is 59.7 Å². The highest BCUT2D eigenvalue weighted by Gasteiger charge is 2.25. The molecule has 0 saturated carbocycles. The van der Waals surface area contributed by atoms with Crippen molar-refractivity contribution >= 4 is 17.3 Å². The maximum absolute atomic E-state index is 13.6. The van der Waals surface area contributed by atoms with Gasteiger partial charge in [-0.1, -0.05) is 24.3 Å². The van der Waals surface area contributed by atoms with Crippen LogP contribution in [0, 0.1) is 11.6 Å². The monoisotopic (exact) mass is 316 g/mol. The molecule has 1 atom stereocenters. The molecule has 1 aliphatic rings. The molecule has 0 unspecified atom stereocenters. The number of amides is 1. The summed E-state index contributed by atoms with van der Waals surface area (Å²) in [7, 11) is 0. The van der Waals surface area contributed by atoms with Crippen LogP contribution in [-0.4, -0.2) is 18.5 Å². The van der Waals surface area contributed by atoms with E-state index >= 15 is 0 Å². The number of carbonyl (C=O) groups excluding carboxylic acids is 1. The van der Waals surface area contributed by atoms with Gasteiger partial charge in [0.05, 0.1) is 6.54 Å². The summed E-state index contributed by atoms with van der Waals surface area (Å²) in [6, 6.07) is 11.6. The molecule has 0 fully saturated rings. The van der Waals surface area contributed by atoms with E-state index in [-0.39, 0.29) is 12.6 Å². The summed E-state index contributed by atoms with van der Waals surface area (Å²) in [6.07, 6.45) is 1.91. The Morgan fingerprint density at radius 3 is 2.61 bits per heavy atom. The fraction of sp³-hybridized carbons (Fsp3) is 0.278. The minimum absolute atomic E-state index is 0.0615. The smallest absolute Gasteiger partial charge is 0.244 e. The van der Waals surface area contributed by atoms with Crippen LogP contribution in [0.4, 0.5) is 20.2 Å². The van der Waals surface area contributed by atoms with Gasteiger partial charge in [0.15, 0.2) is 0 Å². The average molecular weight is 316 g/mol. The Morgan fingerprint density at radius 1 is 1.17 bits per heavy atom. The molecule has 3 rings (SSSR count). The molecule has 0 spiro atoms. The Labute approximate surface area is 133 Å². The van der Waals surface area contributed by atoms with Crippen molar-refractivity contribution in [1.82, 2.24) is 0 Å². The molecule has 1 heterocycles. The van der Waals surface area contributed by atoms with Crippen LogP contribution in [0.5, 0.6) is 0 Å². The quantitative estimate of drug-likeness (QED) is 0.935. The maximum atomic E-state index is 13.6. The van der Waals surface area contributed by atoms with Crippen LogP contribution in [-0.2, 0) is 11.2 Å². The molecule has 120 valence electrons. The van der Waals surface area contributed by atoms with E-state index in [2.05, 4.69) is 5.32 Å². The van der Waals surface area contributed by atoms with Gasteiger partial charge in [0.25, 0.3) is 0 Å². The minimum Gasteiger partial charge on any atom is -0.359 e. The topological polar surface area (TPSA) is 32.3 Å². The van der Waals surface area contributed by atoms with Gasteiger partial charge in [-0.25, -0.2) is 8.78 Å². The van der Waals surface area contributed by atoms with Gasteiger partial charge in [-0.05, 0) is 43.5 Å². The number of aryl methyl sites for hydroxylation is 1. The van der Waals surface area contributed by atoms with Crippen LogP contribution in [0.15, 0.2) is 42.5 Å². The summed E-state index contributed by atoms with van der Waals surface area (Å²) in [5.41, 5.74) is 1.81. The third-order valence-corrected chi connectivity index (χ3v) is 4.21. The van der Waals surface area contributed by atoms with Crippen LogP contribution in [0.3, 0.4) is 0 Å². The summed E-state index contributed by atoms with van der Waals surface area (Å²) in [5, 5.41) is 2.35. The number of rotatable bonds is 3. The molecule has 1 aliphatic heterocycles. The Balaban J connectivity index is 1.78. The van der Waals surface area contributed by atoms with Gasteiger partial charge in [0.1, 0.15) is 17.3 Å². The van der Waals surface area contributed by atoms with E-state index < -0.39 is 23.2 Å². The molecule has 0 aliphatic carbocycles. The first-order valence-corrected chi connectivity index (χ1v) is 7.64. The average Bonchev–Trinajstić information content (AvgIpc) is 2.54. The molecule has 3 nitrogen and oxygen atoms in total. The Hall–Kier alpha value is -2.43. The molecule has 1 N–H and O–H groups in total. The van der Waals surface area contributed by atoms with Crippen molar-refractivity contribution in [2.24, 2.45) is 0 Å². The number of nitrogens with zero attached hydrogens (tertiary/aromatic N) is 1. The number of para-hydroxylation sites is 2. The molecule has 0 radical (unpaired) electrons. The molecular weight excluding hydrogens is 298 g/mol. The predicted molar refractivity (Wildman–Crippen MR) is 86.6 cm³/mol. The van der Waals surface area contributed by atoms with Crippen LogP contribution >= 0.6 is 0 Å². The Morgan fingerprint density at radius 2 is 1.87 bits per heavy atom. The lowest BCUT2D eigenvalue weighted by Gasteiger charge is -2.36. The molecule has 23 heavy (non-hydrogen) atoms. The molecule has 1 amide bonds. The molecule has 2 aromatic carbocycles. The standard InChI is InChI=1S/C18H18F2N2O/c1-12-9-10-13-5-2-3-8-16(13)22(12)11-17(23)21-18-14(19)6-4-7-15(18)20/h2-8,12H,9-11H2,1H3,(H,21,23)/t12-/m1/s1. The van der Waals surface area contributed by atoms with Gasteiger partial charge in [-0.15, -0.1) is 0 Å². The number of benzene rings is 2. The second-order valence-corrected chi connectivity index (χ2v) is 5.79. The molecule has 0 aromatic heterocycles. The lowest BCUT2D eigenvalue weighted by Crippen LogP contribution is -2.42. The summed E-state index contributed by atoms with van der Waals surface area (Å²) in [4.78, 5) is 14.2. The SMILES string of the molecule is C[C@@H]1CCc2ccccc2N1CC(=O)Nc1c(F)cccc1F. The molecule has 0 bridgehead atoms. The number of nitrogens with one attached hydrogen (secondary N) is 1. The number of carbonyl (C=O) groups is 1. The van der Waals surface area contributed by atoms with Gasteiger partial charge in [0.2, 0.25) is 5.91 Å².